The zero-order valence-electron chi connectivity index (χ0n) is 11.2. The monoisotopic (exact) mass is 306 g/mol. The summed E-state index contributed by atoms with van der Waals surface area (Å²) in [7, 11) is 1.63. The number of thiophene rings is 1. The molecule has 0 saturated heterocycles. The largest absolute Gasteiger partial charge is 0.506 e. The molecule has 7 heteroatoms. The van der Waals surface area contributed by atoms with E-state index in [1.165, 1.54) is 17.0 Å². The number of nitrogens with one attached hydrogen (secondary N) is 1. The van der Waals surface area contributed by atoms with Gasteiger partial charge >= 0.3 is 12.0 Å². The van der Waals surface area contributed by atoms with Gasteiger partial charge in [0.05, 0.1) is 11.3 Å². The van der Waals surface area contributed by atoms with Crippen molar-refractivity contribution in [1.82, 2.24) is 4.90 Å². The Kier molecular flexibility index (Phi) is 4.44. The number of nitrogens with zero attached hydrogens (tertiary/aromatic N) is 1. The number of hydrogen-bond acceptors (Lipinski definition) is 4. The molecular weight excluding hydrogens is 292 g/mol. The van der Waals surface area contributed by atoms with Gasteiger partial charge in [-0.15, -0.1) is 0 Å². The van der Waals surface area contributed by atoms with Gasteiger partial charge in [0.1, 0.15) is 5.75 Å². The van der Waals surface area contributed by atoms with E-state index in [9.17, 15) is 14.7 Å². The van der Waals surface area contributed by atoms with Crippen LogP contribution in [0.4, 0.5) is 10.5 Å². The van der Waals surface area contributed by atoms with Crippen LogP contribution in [0.2, 0.25) is 0 Å². The lowest BCUT2D eigenvalue weighted by atomic mass is 10.2. The molecule has 2 rings (SSSR count). The minimum absolute atomic E-state index is 0.0443. The lowest BCUT2D eigenvalue weighted by molar-refractivity contribution is 0.0696. The molecule has 1 aromatic carbocycles. The van der Waals surface area contributed by atoms with Crippen LogP contribution in [-0.2, 0) is 6.54 Å². The molecule has 1 aromatic heterocycles. The van der Waals surface area contributed by atoms with Crippen molar-refractivity contribution in [1.29, 1.82) is 0 Å². The van der Waals surface area contributed by atoms with E-state index in [-0.39, 0.29) is 23.0 Å². The summed E-state index contributed by atoms with van der Waals surface area (Å²) < 4.78 is 0. The molecule has 0 saturated carbocycles. The molecule has 0 bridgehead atoms. The predicted molar refractivity (Wildman–Crippen MR) is 79.9 cm³/mol. The highest BCUT2D eigenvalue weighted by Gasteiger charge is 2.13. The molecule has 1 heterocycles. The molecule has 0 spiro atoms. The fourth-order valence-electron chi connectivity index (χ4n) is 1.71. The van der Waals surface area contributed by atoms with Crippen molar-refractivity contribution in [3.8, 4) is 5.75 Å². The molecule has 0 radical (unpaired) electrons. The van der Waals surface area contributed by atoms with Gasteiger partial charge in [0, 0.05) is 13.6 Å². The number of carboxylic acid groups (broad SMARTS) is 1. The lowest BCUT2D eigenvalue weighted by Crippen LogP contribution is -2.30. The van der Waals surface area contributed by atoms with E-state index in [0.29, 0.717) is 6.54 Å². The number of rotatable bonds is 4. The molecule has 110 valence electrons. The Labute approximate surface area is 125 Å². The molecule has 0 aliphatic heterocycles. The number of amides is 2. The Hall–Kier alpha value is -2.54. The maximum atomic E-state index is 12.0. The fraction of sp³-hybridized carbons (Fsp3) is 0.143. The minimum atomic E-state index is -1.14. The second kappa shape index (κ2) is 6.27. The van der Waals surface area contributed by atoms with Crippen molar-refractivity contribution < 1.29 is 19.8 Å². The first-order valence-corrected chi connectivity index (χ1v) is 7.01. The van der Waals surface area contributed by atoms with Gasteiger partial charge in [0.2, 0.25) is 0 Å². The number of carbonyl (C=O) groups excluding carboxylic acids is 1. The van der Waals surface area contributed by atoms with Crippen LogP contribution < -0.4 is 5.32 Å². The molecule has 0 atom stereocenters. The number of phenols is 1. The van der Waals surface area contributed by atoms with Gasteiger partial charge in [-0.25, -0.2) is 9.59 Å². The molecule has 0 aliphatic carbocycles. The molecule has 0 fully saturated rings. The molecular formula is C14H14N2O4S. The Bertz CT molecular complexity index is 655. The molecule has 2 aromatic rings. The van der Waals surface area contributed by atoms with Gasteiger partial charge < -0.3 is 20.4 Å². The Morgan fingerprint density at radius 3 is 2.67 bits per heavy atom. The van der Waals surface area contributed by atoms with E-state index < -0.39 is 5.97 Å². The third-order valence-electron chi connectivity index (χ3n) is 2.83. The van der Waals surface area contributed by atoms with E-state index >= 15 is 0 Å². The van der Waals surface area contributed by atoms with Crippen molar-refractivity contribution in [3.05, 3.63) is 46.2 Å². The van der Waals surface area contributed by atoms with Crippen LogP contribution in [0.15, 0.2) is 35.0 Å². The highest BCUT2D eigenvalue weighted by molar-refractivity contribution is 7.07. The summed E-state index contributed by atoms with van der Waals surface area (Å²) in [5.74, 6) is -1.43. The zero-order valence-corrected chi connectivity index (χ0v) is 12.1. The number of carbonyl (C=O) groups is 2. The van der Waals surface area contributed by atoms with Crippen LogP contribution >= 0.6 is 11.3 Å². The van der Waals surface area contributed by atoms with Gasteiger partial charge in [-0.05, 0) is 40.6 Å². The first kappa shape index (κ1) is 14.9. The lowest BCUT2D eigenvalue weighted by Gasteiger charge is -2.18. The predicted octanol–water partition coefficient (Wildman–Crippen LogP) is 2.82. The average Bonchev–Trinajstić information content (AvgIpc) is 2.93. The topological polar surface area (TPSA) is 89.9 Å². The summed E-state index contributed by atoms with van der Waals surface area (Å²) in [4.78, 5) is 24.2. The third kappa shape index (κ3) is 3.73. The SMILES string of the molecule is CN(Cc1ccsc1)C(=O)Nc1ccc(C(=O)O)cc1O. The summed E-state index contributed by atoms with van der Waals surface area (Å²) >= 11 is 1.55. The second-order valence-electron chi connectivity index (χ2n) is 4.45. The summed E-state index contributed by atoms with van der Waals surface area (Å²) in [6, 6.07) is 5.30. The number of phenolic OH excluding ortho intramolecular Hbond substituents is 1. The molecule has 6 nitrogen and oxygen atoms in total. The smallest absolute Gasteiger partial charge is 0.335 e. The number of carboxylic acids is 1. The molecule has 3 N–H and O–H groups in total. The first-order valence-electron chi connectivity index (χ1n) is 6.07. The van der Waals surface area contributed by atoms with Crippen molar-refractivity contribution in [2.24, 2.45) is 0 Å². The van der Waals surface area contributed by atoms with E-state index in [2.05, 4.69) is 5.32 Å². The van der Waals surface area contributed by atoms with Gasteiger partial charge in [0.15, 0.2) is 0 Å². The van der Waals surface area contributed by atoms with Crippen LogP contribution in [0.1, 0.15) is 15.9 Å². The van der Waals surface area contributed by atoms with E-state index in [1.54, 1.807) is 18.4 Å². The highest BCUT2D eigenvalue weighted by Crippen LogP contribution is 2.24. The number of hydrogen-bond donors (Lipinski definition) is 3. The summed E-state index contributed by atoms with van der Waals surface area (Å²) in [6.45, 7) is 0.448. The van der Waals surface area contributed by atoms with Crippen molar-refractivity contribution in [2.75, 3.05) is 12.4 Å². The van der Waals surface area contributed by atoms with Crippen LogP contribution in [0.25, 0.3) is 0 Å². The van der Waals surface area contributed by atoms with Gasteiger partial charge in [0.25, 0.3) is 0 Å². The van der Waals surface area contributed by atoms with E-state index in [4.69, 9.17) is 5.11 Å². The van der Waals surface area contributed by atoms with Crippen molar-refractivity contribution in [2.45, 2.75) is 6.54 Å². The van der Waals surface area contributed by atoms with Gasteiger partial charge in [-0.1, -0.05) is 0 Å². The number of aromatic carboxylic acids is 1. The van der Waals surface area contributed by atoms with Gasteiger partial charge in [-0.3, -0.25) is 0 Å². The van der Waals surface area contributed by atoms with Crippen molar-refractivity contribution >= 4 is 29.0 Å². The maximum Gasteiger partial charge on any atom is 0.335 e. The number of urea groups is 1. The molecule has 21 heavy (non-hydrogen) atoms. The first-order chi connectivity index (χ1) is 9.97. The molecule has 2 amide bonds. The minimum Gasteiger partial charge on any atom is -0.506 e. The Morgan fingerprint density at radius 2 is 2.10 bits per heavy atom. The van der Waals surface area contributed by atoms with E-state index in [1.807, 2.05) is 16.8 Å². The zero-order chi connectivity index (χ0) is 15.4. The molecule has 0 aliphatic rings. The van der Waals surface area contributed by atoms with Crippen LogP contribution in [0.3, 0.4) is 0 Å². The second-order valence-corrected chi connectivity index (χ2v) is 5.23. The summed E-state index contributed by atoms with van der Waals surface area (Å²) in [6.07, 6.45) is 0. The normalized spacial score (nSPS) is 10.1. The van der Waals surface area contributed by atoms with Crippen LogP contribution in [0, 0.1) is 0 Å². The Morgan fingerprint density at radius 1 is 1.33 bits per heavy atom. The summed E-state index contributed by atoms with van der Waals surface area (Å²) in [5, 5.41) is 25.0. The van der Waals surface area contributed by atoms with Crippen LogP contribution in [-0.4, -0.2) is 34.2 Å². The van der Waals surface area contributed by atoms with Gasteiger partial charge in [-0.2, -0.15) is 11.3 Å². The standard InChI is InChI=1S/C14H14N2O4S/c1-16(7-9-4-5-21-8-9)14(20)15-11-3-2-10(13(18)19)6-12(11)17/h2-6,8,17H,7H2,1H3,(H,15,20)(H,18,19). The fourth-order valence-corrected chi connectivity index (χ4v) is 2.37. The highest BCUT2D eigenvalue weighted by atomic mass is 32.1. The summed E-state index contributed by atoms with van der Waals surface area (Å²) in [5.41, 5.74) is 1.14. The van der Waals surface area contributed by atoms with Crippen molar-refractivity contribution in [3.63, 3.8) is 0 Å². The van der Waals surface area contributed by atoms with Crippen LogP contribution in [0.5, 0.6) is 5.75 Å². The Balaban J connectivity index is 2.03. The maximum absolute atomic E-state index is 12.0. The quantitative estimate of drug-likeness (QED) is 0.758. The van der Waals surface area contributed by atoms with E-state index in [0.717, 1.165) is 11.6 Å². The number of anilines is 1. The number of aromatic hydroxyl groups is 1. The molecule has 0 unspecified atom stereocenters. The third-order valence-corrected chi connectivity index (χ3v) is 3.56. The number of benzene rings is 1. The average molecular weight is 306 g/mol.